The van der Waals surface area contributed by atoms with Crippen molar-refractivity contribution in [2.24, 2.45) is 5.11 Å². The molecule has 16 N–H and O–H groups in total. The van der Waals surface area contributed by atoms with Crippen LogP contribution in [0.3, 0.4) is 0 Å². The van der Waals surface area contributed by atoms with Gasteiger partial charge in [0.25, 0.3) is 27.8 Å². The number of aromatic amines is 5. The molecule has 10 rings (SSSR count). The van der Waals surface area contributed by atoms with Crippen LogP contribution in [0.1, 0.15) is 37.6 Å². The number of hydrogen-bond acceptors (Lipinski definition) is 32. The molecule has 10 heterocycles. The van der Waals surface area contributed by atoms with Gasteiger partial charge in [-0.05, 0) is 5.53 Å². The van der Waals surface area contributed by atoms with Crippen molar-refractivity contribution in [1.29, 1.82) is 0 Å². The van der Waals surface area contributed by atoms with Crippen molar-refractivity contribution < 1.29 is 112 Å². The molecule has 0 radical (unpaired) electrons. The number of hydrogen-bond donors (Lipinski definition) is 16. The highest BCUT2D eigenvalue weighted by atomic mass is 19.1. The van der Waals surface area contributed by atoms with E-state index in [1.165, 1.54) is 27.5 Å². The number of halogens is 2. The Morgan fingerprint density at radius 2 is 0.781 bits per heavy atom. The van der Waals surface area contributed by atoms with Crippen LogP contribution in [0.15, 0.2) is 114 Å². The number of nitrogens with zero attached hydrogens (tertiary/aromatic N) is 8. The highest BCUT2D eigenvalue weighted by molar-refractivity contribution is 5.04. The summed E-state index contributed by atoms with van der Waals surface area (Å²) < 4.78 is 83.1. The number of ether oxygens (including phenoxy) is 10. The summed E-state index contributed by atoms with van der Waals surface area (Å²) >= 11 is 0. The molecule has 0 aliphatic carbocycles. The third-order valence-corrected chi connectivity index (χ3v) is 15.3. The van der Waals surface area contributed by atoms with Crippen molar-refractivity contribution in [2.45, 2.75) is 122 Å². The summed E-state index contributed by atoms with van der Waals surface area (Å²) in [6.45, 7) is -3.50. The van der Waals surface area contributed by atoms with Crippen LogP contribution in [0, 0.1) is 0 Å². The number of nitrogens with one attached hydrogen (secondary N) is 5. The molecule has 5 aromatic heterocycles. The number of aliphatic hydroxyl groups excluding tert-OH is 11. The Bertz CT molecular complexity index is 3860. The van der Waals surface area contributed by atoms with Crippen LogP contribution in [0.5, 0.6) is 0 Å². The Morgan fingerprint density at radius 3 is 1.08 bits per heavy atom. The second-order valence-electron chi connectivity index (χ2n) is 20.7. The maximum atomic E-state index is 14.0. The second-order valence-corrected chi connectivity index (χ2v) is 20.7. The SMILES string of the molecule is CO[C@@]1(CO)C[C@@H](O)[C@H](n2ccc(=O)[nH]c2=O)O1.CO[C@]1(CO)O[C@@H](n2ccc(=O)[nH]c2=O)[C@H](F)[C@@H]1O.CO[C@]1(CO)O[C@@H](n2ccc(=O)[nH]c2=O)[C@H](O)[C@@H]1F.CO[C@]1(CO)O[C@@H](n2ccc(=O)[nH]c2=O)[C@H](O)[C@@H]1N=[N+]=[N-].CO[C@]1(CO)O[C@@H](n2ccc(=O)[nH]c2=O)[C@H](O)[C@@H]1O. The van der Waals surface area contributed by atoms with Crippen molar-refractivity contribution >= 4 is 0 Å². The van der Waals surface area contributed by atoms with Gasteiger partial charge in [0.05, 0.1) is 13.2 Å². The molecule has 532 valence electrons. The quantitative estimate of drug-likeness (QED) is 0.0248. The molecule has 0 saturated carbocycles. The zero-order valence-corrected chi connectivity index (χ0v) is 50.5. The molecule has 5 aliphatic rings. The molecule has 46 heteroatoms. The van der Waals surface area contributed by atoms with Gasteiger partial charge in [-0.3, -0.25) is 71.7 Å². The normalized spacial score (nSPS) is 33.5. The van der Waals surface area contributed by atoms with Crippen LogP contribution in [-0.4, -0.2) is 256 Å². The third-order valence-electron chi connectivity index (χ3n) is 15.3. The van der Waals surface area contributed by atoms with Crippen LogP contribution in [0.2, 0.25) is 0 Å². The van der Waals surface area contributed by atoms with Crippen molar-refractivity contribution in [2.75, 3.05) is 68.6 Å². The van der Waals surface area contributed by atoms with Gasteiger partial charge in [0.2, 0.25) is 23.1 Å². The molecule has 5 fully saturated rings. The van der Waals surface area contributed by atoms with Crippen molar-refractivity contribution in [3.05, 3.63) is 176 Å². The van der Waals surface area contributed by atoms with Crippen LogP contribution in [0.25, 0.3) is 10.4 Å². The van der Waals surface area contributed by atoms with Crippen LogP contribution in [-0.2, 0) is 47.4 Å². The number of alkyl halides is 2. The van der Waals surface area contributed by atoms with Gasteiger partial charge in [-0.1, -0.05) is 5.11 Å². The topological polar surface area (TPSA) is 638 Å². The molecule has 5 aromatic rings. The van der Waals surface area contributed by atoms with Gasteiger partial charge in [-0.2, -0.15) is 0 Å². The van der Waals surface area contributed by atoms with Crippen molar-refractivity contribution in [1.82, 2.24) is 47.8 Å². The Kier molecular flexibility index (Phi) is 25.4. The highest BCUT2D eigenvalue weighted by Crippen LogP contribution is 2.42. The second kappa shape index (κ2) is 31.7. The predicted molar refractivity (Wildman–Crippen MR) is 305 cm³/mol. The minimum absolute atomic E-state index is 0.0240. The van der Waals surface area contributed by atoms with Crippen LogP contribution < -0.4 is 56.2 Å². The lowest BCUT2D eigenvalue weighted by Crippen LogP contribution is -2.47. The highest BCUT2D eigenvalue weighted by Gasteiger charge is 2.60. The number of rotatable bonds is 16. The largest absolute Gasteiger partial charge is 0.391 e. The third kappa shape index (κ3) is 15.4. The Morgan fingerprint density at radius 1 is 0.458 bits per heavy atom. The van der Waals surface area contributed by atoms with E-state index in [-0.39, 0.29) is 6.42 Å². The predicted octanol–water partition coefficient (Wildman–Crippen LogP) is -10.1. The van der Waals surface area contributed by atoms with Gasteiger partial charge in [-0.15, -0.1) is 0 Å². The Hall–Kier alpha value is -8.27. The number of aliphatic hydroxyl groups is 11. The molecule has 19 atom stereocenters. The van der Waals surface area contributed by atoms with Gasteiger partial charge in [0.15, 0.2) is 49.3 Å². The molecule has 0 unspecified atom stereocenters. The average molecular weight is 1380 g/mol. The summed E-state index contributed by atoms with van der Waals surface area (Å²) in [5, 5.41) is 109. The van der Waals surface area contributed by atoms with Crippen molar-refractivity contribution in [3.8, 4) is 0 Å². The smallest absolute Gasteiger partial charge is 0.330 e. The maximum absolute atomic E-state index is 14.0. The lowest BCUT2D eigenvalue weighted by Gasteiger charge is -2.28. The van der Waals surface area contributed by atoms with E-state index in [1.807, 2.05) is 19.9 Å². The molecule has 44 nitrogen and oxygen atoms in total. The van der Waals surface area contributed by atoms with E-state index in [9.17, 15) is 103 Å². The zero-order chi connectivity index (χ0) is 71.6. The van der Waals surface area contributed by atoms with Gasteiger partial charge in [0, 0.05) is 108 Å². The molecule has 96 heavy (non-hydrogen) atoms. The van der Waals surface area contributed by atoms with Gasteiger partial charge < -0.3 is 104 Å². The van der Waals surface area contributed by atoms with E-state index in [0.717, 1.165) is 92.2 Å². The summed E-state index contributed by atoms with van der Waals surface area (Å²) in [5.41, 5.74) is 1.43. The molecule has 0 amide bonds. The molecule has 0 spiro atoms. The molecule has 0 aromatic carbocycles. The van der Waals surface area contributed by atoms with Gasteiger partial charge in [0.1, 0.15) is 62.5 Å². The zero-order valence-electron chi connectivity index (χ0n) is 50.5. The number of H-pyrrole nitrogens is 5. The minimum atomic E-state index is -2.05. The summed E-state index contributed by atoms with van der Waals surface area (Å²) in [6, 6.07) is 4.03. The van der Waals surface area contributed by atoms with E-state index in [0.29, 0.717) is 0 Å². The van der Waals surface area contributed by atoms with Crippen LogP contribution in [0.4, 0.5) is 8.78 Å². The number of aromatic nitrogens is 10. The van der Waals surface area contributed by atoms with E-state index in [2.05, 4.69) is 15.0 Å². The standard InChI is InChI=1S/2C10H13FN2O6.C10H13N5O6.C10H14N2O7.C10H14N2O6/c1-18-10(4-14)7(11)6(16)8(19-10)13-3-2-5(15)12-9(13)17;1-18-10(4-14)7(16)6(11)8(19-10)13-3-2-5(15)12-9(13)17;1-20-10(4-16)7(13-14-11)6(18)8(21-10)15-3-2-5(17)12-9(15)19;1-18-10(4-13)7(16)6(15)8(19-10)12-3-2-5(14)11-9(12)17;1-17-10(5-13)4-6(14)8(18-10)12-3-2-7(15)11-9(12)16/h2*2-3,6-8,14,16H,4H2,1H3,(H,12,15,17);2-3,6-8,16,18H,4H2,1H3,(H,12,17,19);2-3,6-8,13,15-16H,4H2,1H3,(H,11,14,17);2-3,6,8,13-14H,4-5H2,1H3,(H,11,15,16)/t4*6-,7+,8-,10-;6-,8-,10+/m11111/s1. The fourth-order valence-electron chi connectivity index (χ4n) is 9.97. The summed E-state index contributed by atoms with van der Waals surface area (Å²) in [6.07, 6.45) is -14.0. The summed E-state index contributed by atoms with van der Waals surface area (Å²) in [7, 11) is 5.95. The lowest BCUT2D eigenvalue weighted by atomic mass is 10.1. The minimum Gasteiger partial charge on any atom is -0.391 e. The fourth-order valence-corrected chi connectivity index (χ4v) is 9.97. The van der Waals surface area contributed by atoms with E-state index >= 15 is 0 Å². The van der Waals surface area contributed by atoms with E-state index < -0.39 is 204 Å². The first-order chi connectivity index (χ1) is 45.3. The van der Waals surface area contributed by atoms with Gasteiger partial charge >= 0.3 is 28.4 Å². The maximum Gasteiger partial charge on any atom is 0.330 e. The first kappa shape index (κ1) is 76.7. The number of methoxy groups -OCH3 is 5. The molecule has 5 aliphatic heterocycles. The van der Waals surface area contributed by atoms with Crippen molar-refractivity contribution in [3.63, 3.8) is 0 Å². The average Bonchev–Trinajstić information content (AvgIpc) is 1.64. The van der Waals surface area contributed by atoms with Gasteiger partial charge in [-0.25, -0.2) is 32.8 Å². The fraction of sp³-hybridized carbons (Fsp3) is 0.600. The first-order valence-electron chi connectivity index (χ1n) is 27.5. The first-order valence-corrected chi connectivity index (χ1v) is 27.5. The van der Waals surface area contributed by atoms with Crippen LogP contribution >= 0.6 is 0 Å². The lowest BCUT2D eigenvalue weighted by molar-refractivity contribution is -0.270. The number of azide groups is 1. The Balaban J connectivity index is 0.000000190. The molecular formula is C50H67F2N13O31. The Labute approximate surface area is 530 Å². The molecule has 0 bridgehead atoms. The monoisotopic (exact) mass is 1380 g/mol. The van der Waals surface area contributed by atoms with E-state index in [1.54, 1.807) is 0 Å². The van der Waals surface area contributed by atoms with E-state index in [4.69, 9.17) is 63.1 Å². The summed E-state index contributed by atoms with van der Waals surface area (Å²) in [5.74, 6) is -8.93. The molecular weight excluding hydrogens is 1320 g/mol. The summed E-state index contributed by atoms with van der Waals surface area (Å²) in [4.78, 5) is 125. The molecule has 5 saturated heterocycles.